The summed E-state index contributed by atoms with van der Waals surface area (Å²) in [6.07, 6.45) is 3.93. The number of nitrogens with one attached hydrogen (secondary N) is 1. The van der Waals surface area contributed by atoms with Gasteiger partial charge in [0.2, 0.25) is 0 Å². The molecular formula is C17H25N3O. The molecule has 1 heterocycles. The first-order chi connectivity index (χ1) is 10.2. The van der Waals surface area contributed by atoms with Gasteiger partial charge in [0.1, 0.15) is 11.6 Å². The lowest BCUT2D eigenvalue weighted by molar-refractivity contribution is 0.410. The Hall–Kier alpha value is -1.81. The third-order valence-corrected chi connectivity index (χ3v) is 3.59. The summed E-state index contributed by atoms with van der Waals surface area (Å²) in [4.78, 5) is 4.47. The molecule has 0 aliphatic heterocycles. The molecule has 0 aliphatic carbocycles. The second-order valence-corrected chi connectivity index (χ2v) is 5.48. The normalized spacial score (nSPS) is 12.6. The number of benzene rings is 1. The average molecular weight is 287 g/mol. The largest absolute Gasteiger partial charge is 0.497 e. The molecule has 0 aliphatic rings. The van der Waals surface area contributed by atoms with E-state index < -0.39 is 0 Å². The van der Waals surface area contributed by atoms with E-state index in [1.165, 1.54) is 5.56 Å². The number of nitrogens with zero attached hydrogens (tertiary/aromatic N) is 2. The van der Waals surface area contributed by atoms with Crippen LogP contribution in [0.5, 0.6) is 5.75 Å². The van der Waals surface area contributed by atoms with E-state index >= 15 is 0 Å². The molecule has 0 spiro atoms. The van der Waals surface area contributed by atoms with Gasteiger partial charge in [0.05, 0.1) is 13.2 Å². The van der Waals surface area contributed by atoms with Gasteiger partial charge in [-0.05, 0) is 24.2 Å². The fourth-order valence-electron chi connectivity index (χ4n) is 2.56. The number of hydrogen-bond acceptors (Lipinski definition) is 3. The topological polar surface area (TPSA) is 39.1 Å². The number of rotatable bonds is 7. The van der Waals surface area contributed by atoms with Crippen LogP contribution in [0.2, 0.25) is 0 Å². The molecule has 21 heavy (non-hydrogen) atoms. The molecule has 0 bridgehead atoms. The van der Waals surface area contributed by atoms with Gasteiger partial charge < -0.3 is 14.6 Å². The summed E-state index contributed by atoms with van der Waals surface area (Å²) < 4.78 is 7.57. The molecule has 2 aromatic rings. The lowest BCUT2D eigenvalue weighted by atomic mass is 10.1. The Morgan fingerprint density at radius 2 is 2.14 bits per heavy atom. The number of likely N-dealkylation sites (N-methyl/N-ethyl adjacent to an activating group) is 1. The lowest BCUT2D eigenvalue weighted by Gasteiger charge is -2.21. The van der Waals surface area contributed by atoms with E-state index in [1.54, 1.807) is 7.11 Å². The molecule has 0 saturated heterocycles. The zero-order valence-corrected chi connectivity index (χ0v) is 13.3. The first kappa shape index (κ1) is 15.6. The van der Waals surface area contributed by atoms with Crippen molar-refractivity contribution >= 4 is 0 Å². The second-order valence-electron chi connectivity index (χ2n) is 5.48. The maximum Gasteiger partial charge on any atom is 0.119 e. The quantitative estimate of drug-likeness (QED) is 0.848. The number of imidazole rings is 1. The molecule has 4 heteroatoms. The van der Waals surface area contributed by atoms with Gasteiger partial charge in [-0.25, -0.2) is 4.98 Å². The minimum Gasteiger partial charge on any atom is -0.497 e. The molecule has 2 rings (SSSR count). The first-order valence-corrected chi connectivity index (χ1v) is 7.54. The van der Waals surface area contributed by atoms with E-state index in [1.807, 2.05) is 18.3 Å². The van der Waals surface area contributed by atoms with Gasteiger partial charge >= 0.3 is 0 Å². The Kier molecular flexibility index (Phi) is 5.39. The number of methoxy groups -OCH3 is 1. The van der Waals surface area contributed by atoms with E-state index in [0.29, 0.717) is 5.92 Å². The highest BCUT2D eigenvalue weighted by atomic mass is 16.5. The van der Waals surface area contributed by atoms with Gasteiger partial charge in [-0.15, -0.1) is 0 Å². The van der Waals surface area contributed by atoms with Gasteiger partial charge in [0, 0.05) is 24.9 Å². The molecule has 0 radical (unpaired) electrons. The predicted molar refractivity (Wildman–Crippen MR) is 85.7 cm³/mol. The standard InChI is InChI=1S/C17H25N3O/c1-5-18-16(14-7-6-8-15(11-14)21-4)12-20-10-9-19-17(20)13(2)3/h6-11,13,16,18H,5,12H2,1-4H3. The van der Waals surface area contributed by atoms with E-state index in [-0.39, 0.29) is 6.04 Å². The van der Waals surface area contributed by atoms with Crippen LogP contribution in [0.15, 0.2) is 36.7 Å². The average Bonchev–Trinajstić information content (AvgIpc) is 2.95. The Morgan fingerprint density at radius 1 is 1.33 bits per heavy atom. The van der Waals surface area contributed by atoms with Crippen LogP contribution in [-0.4, -0.2) is 23.2 Å². The molecule has 1 aromatic heterocycles. The Labute approximate surface area is 127 Å². The van der Waals surface area contributed by atoms with Gasteiger partial charge in [-0.2, -0.15) is 0 Å². The van der Waals surface area contributed by atoms with Crippen molar-refractivity contribution in [3.8, 4) is 5.75 Å². The van der Waals surface area contributed by atoms with Crippen LogP contribution in [-0.2, 0) is 6.54 Å². The van der Waals surface area contributed by atoms with Crippen LogP contribution in [0.25, 0.3) is 0 Å². The van der Waals surface area contributed by atoms with Crippen molar-refractivity contribution in [2.45, 2.75) is 39.3 Å². The number of aromatic nitrogens is 2. The summed E-state index contributed by atoms with van der Waals surface area (Å²) in [6.45, 7) is 8.27. The summed E-state index contributed by atoms with van der Waals surface area (Å²) in [5, 5.41) is 3.55. The summed E-state index contributed by atoms with van der Waals surface area (Å²) in [5.74, 6) is 2.44. The van der Waals surface area contributed by atoms with E-state index in [0.717, 1.165) is 24.7 Å². The molecule has 4 nitrogen and oxygen atoms in total. The van der Waals surface area contributed by atoms with Crippen LogP contribution < -0.4 is 10.1 Å². The molecule has 1 atom stereocenters. The van der Waals surface area contributed by atoms with Crippen molar-refractivity contribution in [1.29, 1.82) is 0 Å². The molecular weight excluding hydrogens is 262 g/mol. The molecule has 1 N–H and O–H groups in total. The van der Waals surface area contributed by atoms with Crippen molar-refractivity contribution in [2.24, 2.45) is 0 Å². The lowest BCUT2D eigenvalue weighted by Crippen LogP contribution is -2.26. The zero-order valence-electron chi connectivity index (χ0n) is 13.3. The summed E-state index contributed by atoms with van der Waals surface area (Å²) in [5.41, 5.74) is 1.24. The molecule has 0 amide bonds. The van der Waals surface area contributed by atoms with Gasteiger partial charge in [-0.1, -0.05) is 32.9 Å². The monoisotopic (exact) mass is 287 g/mol. The van der Waals surface area contributed by atoms with Crippen molar-refractivity contribution < 1.29 is 4.74 Å². The Balaban J connectivity index is 2.24. The minimum absolute atomic E-state index is 0.247. The zero-order chi connectivity index (χ0) is 15.2. The summed E-state index contributed by atoms with van der Waals surface area (Å²) >= 11 is 0. The van der Waals surface area contributed by atoms with E-state index in [2.05, 4.69) is 54.0 Å². The first-order valence-electron chi connectivity index (χ1n) is 7.54. The van der Waals surface area contributed by atoms with Crippen molar-refractivity contribution in [3.63, 3.8) is 0 Å². The van der Waals surface area contributed by atoms with Crippen molar-refractivity contribution in [2.75, 3.05) is 13.7 Å². The van der Waals surface area contributed by atoms with Crippen LogP contribution in [0.1, 0.15) is 44.1 Å². The van der Waals surface area contributed by atoms with Crippen LogP contribution >= 0.6 is 0 Å². The van der Waals surface area contributed by atoms with Crippen LogP contribution in [0.4, 0.5) is 0 Å². The maximum absolute atomic E-state index is 5.33. The Morgan fingerprint density at radius 3 is 2.81 bits per heavy atom. The maximum atomic E-state index is 5.33. The molecule has 0 fully saturated rings. The summed E-state index contributed by atoms with van der Waals surface area (Å²) in [6, 6.07) is 8.50. The second kappa shape index (κ2) is 7.27. The highest BCUT2D eigenvalue weighted by Gasteiger charge is 2.15. The number of ether oxygens (including phenoxy) is 1. The van der Waals surface area contributed by atoms with E-state index in [4.69, 9.17) is 4.74 Å². The summed E-state index contributed by atoms with van der Waals surface area (Å²) in [7, 11) is 1.70. The highest BCUT2D eigenvalue weighted by Crippen LogP contribution is 2.22. The molecule has 1 unspecified atom stereocenters. The Bertz CT molecular complexity index is 563. The minimum atomic E-state index is 0.247. The van der Waals surface area contributed by atoms with Gasteiger partial charge in [0.15, 0.2) is 0 Å². The fourth-order valence-corrected chi connectivity index (χ4v) is 2.56. The fraction of sp³-hybridized carbons (Fsp3) is 0.471. The third kappa shape index (κ3) is 3.85. The number of hydrogen-bond donors (Lipinski definition) is 1. The smallest absolute Gasteiger partial charge is 0.119 e. The van der Waals surface area contributed by atoms with Crippen LogP contribution in [0, 0.1) is 0 Å². The third-order valence-electron chi connectivity index (χ3n) is 3.59. The molecule has 114 valence electrons. The molecule has 1 aromatic carbocycles. The van der Waals surface area contributed by atoms with Crippen LogP contribution in [0.3, 0.4) is 0 Å². The van der Waals surface area contributed by atoms with Gasteiger partial charge in [-0.3, -0.25) is 0 Å². The highest BCUT2D eigenvalue weighted by molar-refractivity contribution is 5.30. The van der Waals surface area contributed by atoms with Crippen molar-refractivity contribution in [1.82, 2.24) is 14.9 Å². The van der Waals surface area contributed by atoms with E-state index in [9.17, 15) is 0 Å². The predicted octanol–water partition coefficient (Wildman–Crippen LogP) is 3.37. The van der Waals surface area contributed by atoms with Gasteiger partial charge in [0.25, 0.3) is 0 Å². The molecule has 0 saturated carbocycles. The SMILES string of the molecule is CCNC(Cn1ccnc1C(C)C)c1cccc(OC)c1. The van der Waals surface area contributed by atoms with Crippen molar-refractivity contribution in [3.05, 3.63) is 48.0 Å².